The number of furan rings is 1. The van der Waals surface area contributed by atoms with Crippen LogP contribution in [0.4, 0.5) is 5.82 Å². The Labute approximate surface area is 111 Å². The van der Waals surface area contributed by atoms with Crippen molar-refractivity contribution in [2.75, 3.05) is 5.32 Å². The van der Waals surface area contributed by atoms with E-state index in [0.29, 0.717) is 11.6 Å². The maximum Gasteiger partial charge on any atom is 0.292 e. The molecule has 0 radical (unpaired) electrons. The molecule has 0 saturated heterocycles. The van der Waals surface area contributed by atoms with Crippen molar-refractivity contribution >= 4 is 11.7 Å². The summed E-state index contributed by atoms with van der Waals surface area (Å²) < 4.78 is 5.27. The van der Waals surface area contributed by atoms with Gasteiger partial charge in [-0.1, -0.05) is 20.8 Å². The summed E-state index contributed by atoms with van der Waals surface area (Å²) in [5.74, 6) is 0.926. The van der Waals surface area contributed by atoms with Crippen LogP contribution in [0.15, 0.2) is 22.6 Å². The van der Waals surface area contributed by atoms with Crippen molar-refractivity contribution in [3.05, 3.63) is 35.4 Å². The minimum absolute atomic E-state index is 0.0482. The maximum atomic E-state index is 11.9. The lowest BCUT2D eigenvalue weighted by Gasteiger charge is -2.14. The second-order valence-electron chi connectivity index (χ2n) is 5.34. The number of carbonyl (C=O) groups excluding carboxylic acids is 1. The smallest absolute Gasteiger partial charge is 0.292 e. The minimum atomic E-state index is -0.341. The lowest BCUT2D eigenvalue weighted by molar-refractivity contribution is 0.0994. The molecule has 102 valence electrons. The molecule has 6 heteroatoms. The van der Waals surface area contributed by atoms with Crippen LogP contribution in [-0.4, -0.2) is 16.1 Å². The summed E-state index contributed by atoms with van der Waals surface area (Å²) in [6, 6.07) is 5.08. The van der Waals surface area contributed by atoms with Crippen molar-refractivity contribution in [2.45, 2.75) is 32.7 Å². The van der Waals surface area contributed by atoms with E-state index in [1.807, 2.05) is 6.07 Å². The molecule has 0 saturated carbocycles. The van der Waals surface area contributed by atoms with Crippen LogP contribution in [0.1, 0.15) is 42.8 Å². The van der Waals surface area contributed by atoms with E-state index in [-0.39, 0.29) is 23.6 Å². The van der Waals surface area contributed by atoms with E-state index in [0.717, 1.165) is 5.69 Å². The molecule has 0 atom stereocenters. The second kappa shape index (κ2) is 4.89. The molecule has 0 spiro atoms. The van der Waals surface area contributed by atoms with Gasteiger partial charge in [-0.15, -0.1) is 0 Å². The number of carbonyl (C=O) groups is 1. The number of aromatic amines is 1. The molecular weight excluding hydrogens is 244 g/mol. The third-order valence-corrected chi connectivity index (χ3v) is 2.71. The van der Waals surface area contributed by atoms with E-state index >= 15 is 0 Å². The molecule has 19 heavy (non-hydrogen) atoms. The first kappa shape index (κ1) is 13.4. The van der Waals surface area contributed by atoms with Crippen LogP contribution in [0.5, 0.6) is 0 Å². The largest absolute Gasteiger partial charge is 0.455 e. The second-order valence-corrected chi connectivity index (χ2v) is 5.34. The fraction of sp³-hybridized carbons (Fsp3) is 0.385. The zero-order valence-corrected chi connectivity index (χ0v) is 11.3. The number of H-pyrrole nitrogens is 1. The summed E-state index contributed by atoms with van der Waals surface area (Å²) in [6.07, 6.45) is 0. The monoisotopic (exact) mass is 262 g/mol. The van der Waals surface area contributed by atoms with Gasteiger partial charge in [0, 0.05) is 17.2 Å². The molecular formula is C13H18N4O2. The summed E-state index contributed by atoms with van der Waals surface area (Å²) in [5, 5.41) is 9.63. The summed E-state index contributed by atoms with van der Waals surface area (Å²) >= 11 is 0. The molecule has 0 bridgehead atoms. The highest BCUT2D eigenvalue weighted by molar-refractivity contribution is 6.01. The molecule has 0 aliphatic heterocycles. The first-order valence-electron chi connectivity index (χ1n) is 6.06. The van der Waals surface area contributed by atoms with Gasteiger partial charge in [-0.2, -0.15) is 5.10 Å². The van der Waals surface area contributed by atoms with Gasteiger partial charge in [0.1, 0.15) is 5.76 Å². The van der Waals surface area contributed by atoms with Crippen LogP contribution in [0, 0.1) is 0 Å². The van der Waals surface area contributed by atoms with Gasteiger partial charge in [0.25, 0.3) is 5.91 Å². The van der Waals surface area contributed by atoms with E-state index in [1.54, 1.807) is 12.1 Å². The fourth-order valence-corrected chi connectivity index (χ4v) is 1.56. The SMILES string of the molecule is CC(C)(C)c1cc(NC(=O)c2ccc(CN)o2)n[nH]1. The van der Waals surface area contributed by atoms with Crippen LogP contribution in [-0.2, 0) is 12.0 Å². The average Bonchev–Trinajstić information content (AvgIpc) is 2.95. The Balaban J connectivity index is 2.09. The number of nitrogens with one attached hydrogen (secondary N) is 2. The number of hydrogen-bond acceptors (Lipinski definition) is 4. The highest BCUT2D eigenvalue weighted by atomic mass is 16.4. The highest BCUT2D eigenvalue weighted by Gasteiger charge is 2.18. The number of aromatic nitrogens is 2. The van der Waals surface area contributed by atoms with Crippen LogP contribution in [0.2, 0.25) is 0 Å². The molecule has 0 fully saturated rings. The molecule has 2 aromatic rings. The van der Waals surface area contributed by atoms with Gasteiger partial charge in [0.05, 0.1) is 6.54 Å². The van der Waals surface area contributed by atoms with Crippen molar-refractivity contribution in [3.8, 4) is 0 Å². The zero-order chi connectivity index (χ0) is 14.0. The van der Waals surface area contributed by atoms with Gasteiger partial charge < -0.3 is 15.5 Å². The van der Waals surface area contributed by atoms with Crippen LogP contribution in [0.25, 0.3) is 0 Å². The van der Waals surface area contributed by atoms with Crippen LogP contribution in [0.3, 0.4) is 0 Å². The Morgan fingerprint density at radius 2 is 2.21 bits per heavy atom. The Kier molecular flexibility index (Phi) is 3.44. The Morgan fingerprint density at radius 1 is 1.47 bits per heavy atom. The third kappa shape index (κ3) is 3.03. The number of nitrogens with two attached hydrogens (primary N) is 1. The molecule has 4 N–H and O–H groups in total. The Morgan fingerprint density at radius 3 is 2.74 bits per heavy atom. The summed E-state index contributed by atoms with van der Waals surface area (Å²) in [6.45, 7) is 6.45. The Bertz CT molecular complexity index is 577. The number of hydrogen-bond donors (Lipinski definition) is 3. The standard InChI is InChI=1S/C13H18N4O2/c1-13(2,3)10-6-11(17-16-10)15-12(18)9-5-4-8(7-14)19-9/h4-6H,7,14H2,1-3H3,(H2,15,16,17,18). The predicted molar refractivity (Wildman–Crippen MR) is 71.8 cm³/mol. The molecule has 0 aliphatic carbocycles. The van der Waals surface area contributed by atoms with Gasteiger partial charge in [0.15, 0.2) is 11.6 Å². The Hall–Kier alpha value is -2.08. The molecule has 6 nitrogen and oxygen atoms in total. The first-order chi connectivity index (χ1) is 8.90. The summed E-state index contributed by atoms with van der Waals surface area (Å²) in [4.78, 5) is 11.9. The van der Waals surface area contributed by atoms with Gasteiger partial charge in [-0.25, -0.2) is 0 Å². The third-order valence-electron chi connectivity index (χ3n) is 2.71. The van der Waals surface area contributed by atoms with Crippen molar-refractivity contribution < 1.29 is 9.21 Å². The highest BCUT2D eigenvalue weighted by Crippen LogP contribution is 2.22. The topological polar surface area (TPSA) is 96.9 Å². The van der Waals surface area contributed by atoms with E-state index < -0.39 is 0 Å². The lowest BCUT2D eigenvalue weighted by Crippen LogP contribution is -2.12. The maximum absolute atomic E-state index is 11.9. The van der Waals surface area contributed by atoms with Crippen molar-refractivity contribution in [1.29, 1.82) is 0 Å². The molecule has 0 unspecified atom stereocenters. The van der Waals surface area contributed by atoms with E-state index in [9.17, 15) is 4.79 Å². The normalized spacial score (nSPS) is 11.6. The van der Waals surface area contributed by atoms with Crippen LogP contribution >= 0.6 is 0 Å². The van der Waals surface area contributed by atoms with Gasteiger partial charge in [-0.3, -0.25) is 9.89 Å². The molecule has 2 heterocycles. The van der Waals surface area contributed by atoms with Gasteiger partial charge >= 0.3 is 0 Å². The fourth-order valence-electron chi connectivity index (χ4n) is 1.56. The number of rotatable bonds is 3. The van der Waals surface area contributed by atoms with Gasteiger partial charge in [-0.05, 0) is 12.1 Å². The zero-order valence-electron chi connectivity index (χ0n) is 11.3. The number of amides is 1. The quantitative estimate of drug-likeness (QED) is 0.788. The minimum Gasteiger partial charge on any atom is -0.455 e. The molecule has 0 aromatic carbocycles. The first-order valence-corrected chi connectivity index (χ1v) is 6.06. The lowest BCUT2D eigenvalue weighted by atomic mass is 9.92. The van der Waals surface area contributed by atoms with E-state index in [1.165, 1.54) is 0 Å². The summed E-state index contributed by atoms with van der Waals surface area (Å²) in [7, 11) is 0. The van der Waals surface area contributed by atoms with Gasteiger partial charge in [0.2, 0.25) is 0 Å². The molecule has 1 amide bonds. The average molecular weight is 262 g/mol. The van der Waals surface area contributed by atoms with E-state index in [2.05, 4.69) is 36.3 Å². The van der Waals surface area contributed by atoms with E-state index in [4.69, 9.17) is 10.2 Å². The number of anilines is 1. The van der Waals surface area contributed by atoms with Crippen LogP contribution < -0.4 is 11.1 Å². The molecule has 2 aromatic heterocycles. The number of nitrogens with zero attached hydrogens (tertiary/aromatic N) is 1. The predicted octanol–water partition coefficient (Wildman–Crippen LogP) is 2.01. The molecule has 2 rings (SSSR count). The molecule has 0 aliphatic rings. The van der Waals surface area contributed by atoms with Crippen molar-refractivity contribution in [3.63, 3.8) is 0 Å². The van der Waals surface area contributed by atoms with Crippen molar-refractivity contribution in [2.24, 2.45) is 5.73 Å². The summed E-state index contributed by atoms with van der Waals surface area (Å²) in [5.41, 5.74) is 6.33. The van der Waals surface area contributed by atoms with Crippen molar-refractivity contribution in [1.82, 2.24) is 10.2 Å².